The maximum atomic E-state index is 12.0. The topological polar surface area (TPSA) is 64.3 Å². The van der Waals surface area contributed by atoms with E-state index < -0.39 is 0 Å². The van der Waals surface area contributed by atoms with Crippen LogP contribution in [0.15, 0.2) is 24.3 Å². The summed E-state index contributed by atoms with van der Waals surface area (Å²) in [6.45, 7) is 1.85. The van der Waals surface area contributed by atoms with Crippen molar-refractivity contribution in [3.8, 4) is 5.75 Å². The van der Waals surface area contributed by atoms with Crippen LogP contribution in [-0.2, 0) is 4.79 Å². The van der Waals surface area contributed by atoms with E-state index in [1.54, 1.807) is 0 Å². The lowest BCUT2D eigenvalue weighted by Crippen LogP contribution is -2.33. The molecule has 5 heteroatoms. The number of nitrogens with two attached hydrogens (primary N) is 1. The number of amides is 1. The smallest absolute Gasteiger partial charge is 0.227 e. The highest BCUT2D eigenvalue weighted by Gasteiger charge is 2.26. The molecule has 1 unspecified atom stereocenters. The largest absolute Gasteiger partial charge is 0.493 e. The Balaban J connectivity index is 0.00000162. The maximum absolute atomic E-state index is 12.0. The lowest BCUT2D eigenvalue weighted by molar-refractivity contribution is -0.123. The average Bonchev–Trinajstić information content (AvgIpc) is 2.38. The fourth-order valence-corrected chi connectivity index (χ4v) is 2.05. The van der Waals surface area contributed by atoms with Crippen molar-refractivity contribution in [3.05, 3.63) is 29.8 Å². The van der Waals surface area contributed by atoms with Crippen LogP contribution in [0, 0.1) is 0 Å². The number of hydrogen-bond acceptors (Lipinski definition) is 3. The number of para-hydroxylation sites is 1. The minimum atomic E-state index is -0.0854. The molecule has 0 saturated heterocycles. The first-order valence-electron chi connectivity index (χ1n) is 6.02. The molecule has 0 bridgehead atoms. The highest BCUT2D eigenvalue weighted by atomic mass is 35.5. The van der Waals surface area contributed by atoms with E-state index in [0.717, 1.165) is 24.2 Å². The number of nitrogens with one attached hydrogen (secondary N) is 1. The second-order valence-corrected chi connectivity index (χ2v) is 4.16. The van der Waals surface area contributed by atoms with Gasteiger partial charge in [-0.25, -0.2) is 0 Å². The van der Waals surface area contributed by atoms with E-state index in [1.807, 2.05) is 24.3 Å². The number of halogens is 1. The molecule has 1 amide bonds. The molecule has 0 aromatic heterocycles. The molecule has 100 valence electrons. The van der Waals surface area contributed by atoms with Gasteiger partial charge in [-0.05, 0) is 25.5 Å². The summed E-state index contributed by atoms with van der Waals surface area (Å²) >= 11 is 0. The zero-order valence-corrected chi connectivity index (χ0v) is 11.0. The molecule has 1 atom stereocenters. The second-order valence-electron chi connectivity index (χ2n) is 4.16. The van der Waals surface area contributed by atoms with Crippen molar-refractivity contribution in [1.82, 2.24) is 5.32 Å². The lowest BCUT2D eigenvalue weighted by Gasteiger charge is -2.25. The van der Waals surface area contributed by atoms with E-state index in [-0.39, 0.29) is 24.2 Å². The van der Waals surface area contributed by atoms with Crippen molar-refractivity contribution in [2.45, 2.75) is 18.8 Å². The van der Waals surface area contributed by atoms with Crippen LogP contribution in [0.1, 0.15) is 24.3 Å². The third-order valence-corrected chi connectivity index (χ3v) is 2.96. The summed E-state index contributed by atoms with van der Waals surface area (Å²) in [4.78, 5) is 12.0. The van der Waals surface area contributed by atoms with Gasteiger partial charge in [0.15, 0.2) is 0 Å². The Bertz CT molecular complexity index is 398. The fourth-order valence-electron chi connectivity index (χ4n) is 2.05. The molecule has 1 aromatic rings. The summed E-state index contributed by atoms with van der Waals surface area (Å²) in [5.74, 6) is 0.824. The van der Waals surface area contributed by atoms with E-state index in [0.29, 0.717) is 19.7 Å². The number of hydrogen-bond donors (Lipinski definition) is 2. The van der Waals surface area contributed by atoms with Gasteiger partial charge in [0.2, 0.25) is 5.91 Å². The van der Waals surface area contributed by atoms with Crippen molar-refractivity contribution in [2.75, 3.05) is 19.7 Å². The number of fused-ring (bicyclic) bond motifs is 1. The lowest BCUT2D eigenvalue weighted by atomic mass is 9.92. The number of rotatable bonds is 4. The molecule has 1 heterocycles. The van der Waals surface area contributed by atoms with Crippen LogP contribution < -0.4 is 15.8 Å². The number of carbonyl (C=O) groups is 1. The highest BCUT2D eigenvalue weighted by Crippen LogP contribution is 2.33. The SMILES string of the molecule is Cl.NCCCNC(=O)C1CCOc2ccccc21. The molecule has 1 aliphatic rings. The Morgan fingerprint density at radius 2 is 2.22 bits per heavy atom. The zero-order chi connectivity index (χ0) is 12.1. The minimum Gasteiger partial charge on any atom is -0.493 e. The van der Waals surface area contributed by atoms with Crippen LogP contribution in [-0.4, -0.2) is 25.6 Å². The molecule has 4 nitrogen and oxygen atoms in total. The quantitative estimate of drug-likeness (QED) is 0.814. The predicted octanol–water partition coefficient (Wildman–Crippen LogP) is 1.44. The maximum Gasteiger partial charge on any atom is 0.227 e. The zero-order valence-electron chi connectivity index (χ0n) is 10.2. The van der Waals surface area contributed by atoms with Crippen LogP contribution in [0.5, 0.6) is 5.75 Å². The van der Waals surface area contributed by atoms with E-state index in [2.05, 4.69) is 5.32 Å². The monoisotopic (exact) mass is 270 g/mol. The molecule has 0 fully saturated rings. The number of carbonyl (C=O) groups excluding carboxylic acids is 1. The summed E-state index contributed by atoms with van der Waals surface area (Å²) in [5, 5.41) is 2.92. The van der Waals surface area contributed by atoms with Crippen LogP contribution in [0.3, 0.4) is 0 Å². The molecular weight excluding hydrogens is 252 g/mol. The number of benzene rings is 1. The Labute approximate surface area is 113 Å². The summed E-state index contributed by atoms with van der Waals surface area (Å²) in [7, 11) is 0. The molecule has 3 N–H and O–H groups in total. The van der Waals surface area contributed by atoms with E-state index in [1.165, 1.54) is 0 Å². The molecular formula is C13H19ClN2O2. The van der Waals surface area contributed by atoms with Gasteiger partial charge in [0.25, 0.3) is 0 Å². The van der Waals surface area contributed by atoms with Crippen LogP contribution in [0.4, 0.5) is 0 Å². The van der Waals surface area contributed by atoms with Gasteiger partial charge in [-0.15, -0.1) is 12.4 Å². The van der Waals surface area contributed by atoms with Crippen LogP contribution in [0.2, 0.25) is 0 Å². The highest BCUT2D eigenvalue weighted by molar-refractivity contribution is 5.85. The molecule has 0 saturated carbocycles. The first-order valence-corrected chi connectivity index (χ1v) is 6.02. The van der Waals surface area contributed by atoms with Gasteiger partial charge < -0.3 is 15.8 Å². The van der Waals surface area contributed by atoms with Gasteiger partial charge in [-0.1, -0.05) is 18.2 Å². The van der Waals surface area contributed by atoms with Crippen molar-refractivity contribution in [1.29, 1.82) is 0 Å². The standard InChI is InChI=1S/C13H18N2O2.ClH/c14-7-3-8-15-13(16)11-6-9-17-12-5-2-1-4-10(11)12;/h1-2,4-5,11H,3,6-9,14H2,(H,15,16);1H. The normalized spacial score (nSPS) is 17.1. The summed E-state index contributed by atoms with van der Waals surface area (Å²) < 4.78 is 5.53. The van der Waals surface area contributed by atoms with Gasteiger partial charge in [0.1, 0.15) is 5.75 Å². The summed E-state index contributed by atoms with van der Waals surface area (Å²) in [6.07, 6.45) is 1.56. The molecule has 0 spiro atoms. The molecule has 0 aliphatic carbocycles. The van der Waals surface area contributed by atoms with Gasteiger partial charge in [-0.2, -0.15) is 0 Å². The van der Waals surface area contributed by atoms with Gasteiger partial charge in [-0.3, -0.25) is 4.79 Å². The van der Waals surface area contributed by atoms with E-state index in [4.69, 9.17) is 10.5 Å². The first kappa shape index (κ1) is 14.8. The molecule has 2 rings (SSSR count). The molecule has 18 heavy (non-hydrogen) atoms. The Morgan fingerprint density at radius 3 is 3.00 bits per heavy atom. The fraction of sp³-hybridized carbons (Fsp3) is 0.462. The van der Waals surface area contributed by atoms with Crippen molar-refractivity contribution in [2.24, 2.45) is 5.73 Å². The summed E-state index contributed by atoms with van der Waals surface area (Å²) in [5.41, 5.74) is 6.39. The van der Waals surface area contributed by atoms with Crippen molar-refractivity contribution >= 4 is 18.3 Å². The van der Waals surface area contributed by atoms with Gasteiger partial charge >= 0.3 is 0 Å². The van der Waals surface area contributed by atoms with Crippen molar-refractivity contribution in [3.63, 3.8) is 0 Å². The predicted molar refractivity (Wildman–Crippen MR) is 73.2 cm³/mol. The van der Waals surface area contributed by atoms with Crippen molar-refractivity contribution < 1.29 is 9.53 Å². The van der Waals surface area contributed by atoms with Gasteiger partial charge in [0.05, 0.1) is 12.5 Å². The molecule has 1 aliphatic heterocycles. The molecule has 1 aromatic carbocycles. The Morgan fingerprint density at radius 1 is 1.44 bits per heavy atom. The summed E-state index contributed by atoms with van der Waals surface area (Å²) in [6, 6.07) is 7.73. The third-order valence-electron chi connectivity index (χ3n) is 2.96. The second kappa shape index (κ2) is 7.24. The van der Waals surface area contributed by atoms with E-state index in [9.17, 15) is 4.79 Å². The third kappa shape index (κ3) is 3.37. The van der Waals surface area contributed by atoms with Gasteiger partial charge in [0, 0.05) is 12.1 Å². The number of ether oxygens (including phenoxy) is 1. The molecule has 0 radical (unpaired) electrons. The first-order chi connectivity index (χ1) is 8.33. The minimum absolute atomic E-state index is 0. The van der Waals surface area contributed by atoms with Crippen LogP contribution in [0.25, 0.3) is 0 Å². The van der Waals surface area contributed by atoms with Crippen LogP contribution >= 0.6 is 12.4 Å². The average molecular weight is 271 g/mol. The Kier molecular flexibility index (Phi) is 5.95. The van der Waals surface area contributed by atoms with E-state index >= 15 is 0 Å². The Hall–Kier alpha value is -1.26.